The van der Waals surface area contributed by atoms with E-state index in [1.807, 2.05) is 36.4 Å². The van der Waals surface area contributed by atoms with E-state index in [2.05, 4.69) is 15.0 Å². The molecule has 0 saturated carbocycles. The van der Waals surface area contributed by atoms with Crippen LogP contribution in [0, 0.1) is 0 Å². The second-order valence-corrected chi connectivity index (χ2v) is 2.99. The fraction of sp³-hybridized carbons (Fsp3) is 0. The van der Waals surface area contributed by atoms with Gasteiger partial charge in [0.2, 0.25) is 0 Å². The molecule has 0 aliphatic rings. The monoisotopic (exact) mass is 196 g/mol. The van der Waals surface area contributed by atoms with Gasteiger partial charge in [-0.25, -0.2) is 0 Å². The Bertz CT molecular complexity index is 501. The molecule has 0 spiro atoms. The summed E-state index contributed by atoms with van der Waals surface area (Å²) in [5.41, 5.74) is 10.8. The van der Waals surface area contributed by atoms with E-state index >= 15 is 0 Å². The van der Waals surface area contributed by atoms with Crippen LogP contribution in [0.1, 0.15) is 0 Å². The SMILES string of the molecule is [N-]=[N+]=Nc1cncc(-c2ccccc2)c1. The van der Waals surface area contributed by atoms with Gasteiger partial charge in [0, 0.05) is 22.9 Å². The van der Waals surface area contributed by atoms with Gasteiger partial charge in [0.15, 0.2) is 0 Å². The number of hydrogen-bond donors (Lipinski definition) is 0. The Balaban J connectivity index is 2.46. The predicted octanol–water partition coefficient (Wildman–Crippen LogP) is 3.69. The van der Waals surface area contributed by atoms with E-state index in [4.69, 9.17) is 5.53 Å². The van der Waals surface area contributed by atoms with Crippen molar-refractivity contribution in [3.8, 4) is 11.1 Å². The van der Waals surface area contributed by atoms with Gasteiger partial charge in [0.25, 0.3) is 0 Å². The maximum absolute atomic E-state index is 8.31. The van der Waals surface area contributed by atoms with Crippen molar-refractivity contribution in [2.75, 3.05) is 0 Å². The zero-order valence-corrected chi connectivity index (χ0v) is 7.91. The second kappa shape index (κ2) is 4.26. The lowest BCUT2D eigenvalue weighted by atomic mass is 10.1. The first-order valence-electron chi connectivity index (χ1n) is 4.46. The molecule has 0 bridgehead atoms. The quantitative estimate of drug-likeness (QED) is 0.410. The average Bonchev–Trinajstić information content (AvgIpc) is 2.31. The summed E-state index contributed by atoms with van der Waals surface area (Å²) >= 11 is 0. The topological polar surface area (TPSA) is 61.7 Å². The molecular weight excluding hydrogens is 188 g/mol. The van der Waals surface area contributed by atoms with Gasteiger partial charge in [0.1, 0.15) is 0 Å². The predicted molar refractivity (Wildman–Crippen MR) is 58.5 cm³/mol. The molecule has 0 unspecified atom stereocenters. The summed E-state index contributed by atoms with van der Waals surface area (Å²) in [4.78, 5) is 6.74. The molecule has 2 rings (SSSR count). The normalized spacial score (nSPS) is 9.33. The number of rotatable bonds is 2. The fourth-order valence-electron chi connectivity index (χ4n) is 1.32. The van der Waals surface area contributed by atoms with Gasteiger partial charge in [0.05, 0.1) is 5.69 Å². The van der Waals surface area contributed by atoms with Gasteiger partial charge in [-0.1, -0.05) is 35.4 Å². The molecule has 4 heteroatoms. The molecule has 1 heterocycles. The van der Waals surface area contributed by atoms with E-state index in [1.165, 1.54) is 6.20 Å². The maximum Gasteiger partial charge on any atom is 0.0564 e. The van der Waals surface area contributed by atoms with Crippen molar-refractivity contribution >= 4 is 5.69 Å². The van der Waals surface area contributed by atoms with Gasteiger partial charge in [-0.15, -0.1) is 0 Å². The van der Waals surface area contributed by atoms with Crippen LogP contribution in [0.3, 0.4) is 0 Å². The fourth-order valence-corrected chi connectivity index (χ4v) is 1.32. The van der Waals surface area contributed by atoms with Crippen molar-refractivity contribution in [3.05, 3.63) is 59.2 Å². The first-order valence-corrected chi connectivity index (χ1v) is 4.46. The highest BCUT2D eigenvalue weighted by atomic mass is 15.1. The number of azide groups is 1. The van der Waals surface area contributed by atoms with E-state index in [9.17, 15) is 0 Å². The molecule has 0 radical (unpaired) electrons. The van der Waals surface area contributed by atoms with E-state index in [-0.39, 0.29) is 0 Å². The van der Waals surface area contributed by atoms with Crippen LogP contribution < -0.4 is 0 Å². The summed E-state index contributed by atoms with van der Waals surface area (Å²) in [5, 5.41) is 3.51. The lowest BCUT2D eigenvalue weighted by Crippen LogP contribution is -1.78. The van der Waals surface area contributed by atoms with Crippen LogP contribution in [0.25, 0.3) is 21.6 Å². The van der Waals surface area contributed by atoms with Gasteiger partial charge in [-0.2, -0.15) is 0 Å². The highest BCUT2D eigenvalue weighted by Gasteiger charge is 1.97. The standard InChI is InChI=1S/C11H8N4/c12-15-14-11-6-10(7-13-8-11)9-4-2-1-3-5-9/h1-8H. The summed E-state index contributed by atoms with van der Waals surface area (Å²) in [6.45, 7) is 0. The van der Waals surface area contributed by atoms with Gasteiger partial charge in [-0.05, 0) is 17.2 Å². The largest absolute Gasteiger partial charge is 0.264 e. The number of nitrogens with zero attached hydrogens (tertiary/aromatic N) is 4. The zero-order chi connectivity index (χ0) is 10.5. The molecule has 0 amide bonds. The second-order valence-electron chi connectivity index (χ2n) is 2.99. The van der Waals surface area contributed by atoms with Crippen molar-refractivity contribution in [1.82, 2.24) is 4.98 Å². The molecule has 1 aromatic heterocycles. The summed E-state index contributed by atoms with van der Waals surface area (Å²) in [6, 6.07) is 11.6. The molecule has 0 fully saturated rings. The van der Waals surface area contributed by atoms with Crippen LogP contribution in [0.4, 0.5) is 5.69 Å². The highest BCUT2D eigenvalue weighted by Crippen LogP contribution is 2.22. The summed E-state index contributed by atoms with van der Waals surface area (Å²) < 4.78 is 0. The first kappa shape index (κ1) is 9.24. The highest BCUT2D eigenvalue weighted by molar-refractivity contribution is 5.65. The van der Waals surface area contributed by atoms with Crippen molar-refractivity contribution in [1.29, 1.82) is 0 Å². The Hall–Kier alpha value is -2.32. The van der Waals surface area contributed by atoms with Crippen LogP contribution in [0.2, 0.25) is 0 Å². The third-order valence-electron chi connectivity index (χ3n) is 1.99. The van der Waals surface area contributed by atoms with Crippen LogP contribution in [0.5, 0.6) is 0 Å². The lowest BCUT2D eigenvalue weighted by molar-refractivity contribution is 1.30. The summed E-state index contributed by atoms with van der Waals surface area (Å²) in [6.07, 6.45) is 3.28. The number of hydrogen-bond acceptors (Lipinski definition) is 2. The molecule has 0 aliphatic carbocycles. The minimum Gasteiger partial charge on any atom is -0.264 e. The average molecular weight is 196 g/mol. The van der Waals surface area contributed by atoms with Crippen molar-refractivity contribution in [2.24, 2.45) is 5.11 Å². The molecular formula is C11H8N4. The van der Waals surface area contributed by atoms with Crippen molar-refractivity contribution in [2.45, 2.75) is 0 Å². The third kappa shape index (κ3) is 2.13. The molecule has 72 valence electrons. The third-order valence-corrected chi connectivity index (χ3v) is 1.99. The Morgan fingerprint density at radius 2 is 1.87 bits per heavy atom. The summed E-state index contributed by atoms with van der Waals surface area (Å²) in [5.74, 6) is 0. The Kier molecular flexibility index (Phi) is 2.63. The van der Waals surface area contributed by atoms with Gasteiger partial charge >= 0.3 is 0 Å². The van der Waals surface area contributed by atoms with E-state index < -0.39 is 0 Å². The summed E-state index contributed by atoms with van der Waals surface area (Å²) in [7, 11) is 0. The molecule has 2 aromatic rings. The van der Waals surface area contributed by atoms with E-state index in [1.54, 1.807) is 6.20 Å². The molecule has 1 aromatic carbocycles. The van der Waals surface area contributed by atoms with Gasteiger partial charge in [-0.3, -0.25) is 4.98 Å². The van der Waals surface area contributed by atoms with Crippen LogP contribution in [0.15, 0.2) is 53.9 Å². The minimum absolute atomic E-state index is 0.527. The Labute approximate surface area is 86.8 Å². The number of benzene rings is 1. The molecule has 0 N–H and O–H groups in total. The maximum atomic E-state index is 8.31. The Morgan fingerprint density at radius 1 is 1.07 bits per heavy atom. The van der Waals surface area contributed by atoms with Crippen molar-refractivity contribution in [3.63, 3.8) is 0 Å². The van der Waals surface area contributed by atoms with E-state index in [0.29, 0.717) is 5.69 Å². The van der Waals surface area contributed by atoms with Gasteiger partial charge < -0.3 is 0 Å². The van der Waals surface area contributed by atoms with E-state index in [0.717, 1.165) is 11.1 Å². The first-order chi connectivity index (χ1) is 7.40. The minimum atomic E-state index is 0.527. The number of aromatic nitrogens is 1. The van der Waals surface area contributed by atoms with Crippen LogP contribution in [-0.2, 0) is 0 Å². The molecule has 15 heavy (non-hydrogen) atoms. The molecule has 0 aliphatic heterocycles. The Morgan fingerprint density at radius 3 is 2.60 bits per heavy atom. The zero-order valence-electron chi connectivity index (χ0n) is 7.91. The van der Waals surface area contributed by atoms with Crippen LogP contribution in [-0.4, -0.2) is 4.98 Å². The number of pyridine rings is 1. The smallest absolute Gasteiger partial charge is 0.0564 e. The molecule has 0 atom stereocenters. The lowest BCUT2D eigenvalue weighted by Gasteiger charge is -2.00. The molecule has 4 nitrogen and oxygen atoms in total. The molecule has 0 saturated heterocycles. The van der Waals surface area contributed by atoms with Crippen LogP contribution >= 0.6 is 0 Å². The van der Waals surface area contributed by atoms with Crippen molar-refractivity contribution < 1.29 is 0 Å².